The zero-order chi connectivity index (χ0) is 14.2. The lowest BCUT2D eigenvalue weighted by Crippen LogP contribution is -2.49. The van der Waals surface area contributed by atoms with Crippen LogP contribution in [0.15, 0.2) is 27.7 Å². The van der Waals surface area contributed by atoms with E-state index in [0.717, 1.165) is 56.0 Å². The average molecular weight is 286 g/mol. The van der Waals surface area contributed by atoms with Crippen molar-refractivity contribution >= 4 is 0 Å². The number of hydrogen-bond donors (Lipinski definition) is 0. The predicted molar refractivity (Wildman–Crippen MR) is 75.8 cm³/mol. The van der Waals surface area contributed by atoms with Gasteiger partial charge in [-0.1, -0.05) is 0 Å². The summed E-state index contributed by atoms with van der Waals surface area (Å²) in [7, 11) is 0. The lowest BCUT2D eigenvalue weighted by Gasteiger charge is -2.38. The van der Waals surface area contributed by atoms with Crippen molar-refractivity contribution in [3.05, 3.63) is 46.0 Å². The summed E-state index contributed by atoms with van der Waals surface area (Å²) < 4.78 is 6.89. The molecular formula is C15H18N4O2. The van der Waals surface area contributed by atoms with E-state index in [1.807, 2.05) is 0 Å². The van der Waals surface area contributed by atoms with Gasteiger partial charge in [-0.3, -0.25) is 9.69 Å². The van der Waals surface area contributed by atoms with Gasteiger partial charge < -0.3 is 4.42 Å². The Labute approximate surface area is 122 Å². The quantitative estimate of drug-likeness (QED) is 0.834. The highest BCUT2D eigenvalue weighted by atomic mass is 16.3. The van der Waals surface area contributed by atoms with E-state index >= 15 is 0 Å². The van der Waals surface area contributed by atoms with Crippen LogP contribution in [0.3, 0.4) is 0 Å². The minimum absolute atomic E-state index is 0.0433. The first-order chi connectivity index (χ1) is 10.3. The Morgan fingerprint density at radius 2 is 2.24 bits per heavy atom. The third kappa shape index (κ3) is 2.51. The maximum atomic E-state index is 12.1. The summed E-state index contributed by atoms with van der Waals surface area (Å²) in [6, 6.07) is 1.78. The Morgan fingerprint density at radius 1 is 1.33 bits per heavy atom. The second-order valence-electron chi connectivity index (χ2n) is 5.98. The van der Waals surface area contributed by atoms with Crippen molar-refractivity contribution in [1.29, 1.82) is 0 Å². The molecule has 0 amide bonds. The fourth-order valence-electron chi connectivity index (χ4n) is 3.26. The van der Waals surface area contributed by atoms with Gasteiger partial charge in [-0.15, -0.1) is 0 Å². The largest absolute Gasteiger partial charge is 0.448 e. The number of aromatic nitrogens is 3. The summed E-state index contributed by atoms with van der Waals surface area (Å²) in [5, 5.41) is 4.53. The van der Waals surface area contributed by atoms with Gasteiger partial charge in [-0.05, 0) is 24.8 Å². The predicted octanol–water partition coefficient (Wildman–Crippen LogP) is 0.852. The molecule has 2 aromatic rings. The molecule has 0 atom stereocenters. The highest BCUT2D eigenvalue weighted by molar-refractivity contribution is 5.22. The Balaban J connectivity index is 1.37. The smallest absolute Gasteiger partial charge is 0.267 e. The van der Waals surface area contributed by atoms with E-state index in [9.17, 15) is 4.79 Å². The molecular weight excluding hydrogens is 268 g/mol. The van der Waals surface area contributed by atoms with E-state index in [1.54, 1.807) is 23.2 Å². The molecule has 1 aliphatic heterocycles. The van der Waals surface area contributed by atoms with Crippen LogP contribution in [-0.2, 0) is 25.9 Å². The van der Waals surface area contributed by atoms with Crippen LogP contribution in [0.4, 0.5) is 0 Å². The van der Waals surface area contributed by atoms with E-state index in [0.29, 0.717) is 12.5 Å². The molecule has 3 heterocycles. The second-order valence-corrected chi connectivity index (χ2v) is 5.98. The first-order valence-electron chi connectivity index (χ1n) is 7.48. The van der Waals surface area contributed by atoms with Gasteiger partial charge in [0.2, 0.25) is 5.89 Å². The Kier molecular flexibility index (Phi) is 3.11. The topological polar surface area (TPSA) is 64.2 Å². The average Bonchev–Trinajstić information content (AvgIpc) is 3.07. The number of oxazole rings is 1. The monoisotopic (exact) mass is 286 g/mol. The molecule has 1 aliphatic carbocycles. The van der Waals surface area contributed by atoms with Crippen LogP contribution in [0.5, 0.6) is 0 Å². The van der Waals surface area contributed by atoms with Crippen LogP contribution in [0.25, 0.3) is 0 Å². The molecule has 4 rings (SSSR count). The van der Waals surface area contributed by atoms with Crippen LogP contribution in [0.2, 0.25) is 0 Å². The van der Waals surface area contributed by atoms with Crippen molar-refractivity contribution in [3.63, 3.8) is 0 Å². The maximum Gasteiger partial charge on any atom is 0.267 e. The van der Waals surface area contributed by atoms with Gasteiger partial charge in [-0.2, -0.15) is 5.10 Å². The van der Waals surface area contributed by atoms with Crippen LogP contribution in [0.1, 0.15) is 23.6 Å². The SMILES string of the molecule is O=c1cc2c(nn1CC1CN(Cc3ncco3)C1)CCC2. The van der Waals surface area contributed by atoms with Crippen LogP contribution < -0.4 is 5.56 Å². The summed E-state index contributed by atoms with van der Waals surface area (Å²) in [6.07, 6.45) is 6.41. The van der Waals surface area contributed by atoms with Gasteiger partial charge in [0, 0.05) is 25.1 Å². The van der Waals surface area contributed by atoms with E-state index in [-0.39, 0.29) is 5.56 Å². The first-order valence-corrected chi connectivity index (χ1v) is 7.48. The molecule has 110 valence electrons. The Morgan fingerprint density at radius 3 is 3.05 bits per heavy atom. The van der Waals surface area contributed by atoms with Gasteiger partial charge >= 0.3 is 0 Å². The molecule has 2 aromatic heterocycles. The molecule has 6 heteroatoms. The highest BCUT2D eigenvalue weighted by Crippen LogP contribution is 2.20. The minimum atomic E-state index is 0.0433. The summed E-state index contributed by atoms with van der Waals surface area (Å²) in [5.41, 5.74) is 2.31. The standard InChI is InChI=1S/C15H18N4O2/c20-15-6-12-2-1-3-13(12)17-19(15)9-11-7-18(8-11)10-14-16-4-5-21-14/h4-6,11H,1-3,7-10H2. The second kappa shape index (κ2) is 5.11. The Bertz CT molecular complexity index is 686. The van der Waals surface area contributed by atoms with Crippen molar-refractivity contribution in [2.45, 2.75) is 32.4 Å². The van der Waals surface area contributed by atoms with E-state index in [4.69, 9.17) is 4.42 Å². The Hall–Kier alpha value is -1.95. The third-order valence-corrected chi connectivity index (χ3v) is 4.33. The van der Waals surface area contributed by atoms with Crippen LogP contribution >= 0.6 is 0 Å². The zero-order valence-electron chi connectivity index (χ0n) is 11.9. The summed E-state index contributed by atoms with van der Waals surface area (Å²) in [4.78, 5) is 18.5. The molecule has 0 radical (unpaired) electrons. The molecule has 0 N–H and O–H groups in total. The number of aryl methyl sites for hydroxylation is 2. The van der Waals surface area contributed by atoms with Crippen molar-refractivity contribution in [1.82, 2.24) is 19.7 Å². The van der Waals surface area contributed by atoms with Gasteiger partial charge in [0.15, 0.2) is 0 Å². The van der Waals surface area contributed by atoms with Gasteiger partial charge in [0.1, 0.15) is 6.26 Å². The van der Waals surface area contributed by atoms with Gasteiger partial charge in [-0.25, -0.2) is 9.67 Å². The molecule has 0 bridgehead atoms. The number of nitrogens with zero attached hydrogens (tertiary/aromatic N) is 4. The van der Waals surface area contributed by atoms with Crippen molar-refractivity contribution in [2.75, 3.05) is 13.1 Å². The normalized spacial score (nSPS) is 18.7. The molecule has 0 saturated carbocycles. The minimum Gasteiger partial charge on any atom is -0.448 e. The van der Waals surface area contributed by atoms with Crippen LogP contribution in [0, 0.1) is 5.92 Å². The third-order valence-electron chi connectivity index (χ3n) is 4.33. The van der Waals surface area contributed by atoms with Crippen molar-refractivity contribution in [2.24, 2.45) is 5.92 Å². The number of rotatable bonds is 4. The number of fused-ring (bicyclic) bond motifs is 1. The lowest BCUT2D eigenvalue weighted by molar-refractivity contribution is 0.0679. The molecule has 21 heavy (non-hydrogen) atoms. The van der Waals surface area contributed by atoms with Crippen LogP contribution in [-0.4, -0.2) is 32.8 Å². The van der Waals surface area contributed by atoms with E-state index < -0.39 is 0 Å². The molecule has 0 unspecified atom stereocenters. The molecule has 6 nitrogen and oxygen atoms in total. The molecule has 2 aliphatic rings. The fourth-order valence-corrected chi connectivity index (χ4v) is 3.26. The summed E-state index contributed by atoms with van der Waals surface area (Å²) in [6.45, 7) is 3.39. The van der Waals surface area contributed by atoms with Gasteiger partial charge in [0.25, 0.3) is 5.56 Å². The first kappa shape index (κ1) is 12.8. The summed E-state index contributed by atoms with van der Waals surface area (Å²) in [5.74, 6) is 1.24. The highest BCUT2D eigenvalue weighted by Gasteiger charge is 2.28. The van der Waals surface area contributed by atoms with Crippen molar-refractivity contribution < 1.29 is 4.42 Å². The fraction of sp³-hybridized carbons (Fsp3) is 0.533. The maximum absolute atomic E-state index is 12.1. The van der Waals surface area contributed by atoms with E-state index in [2.05, 4.69) is 15.0 Å². The lowest BCUT2D eigenvalue weighted by atomic mass is 10.0. The zero-order valence-corrected chi connectivity index (χ0v) is 11.9. The molecule has 1 saturated heterocycles. The van der Waals surface area contributed by atoms with Gasteiger partial charge in [0.05, 0.1) is 25.0 Å². The molecule has 0 aromatic carbocycles. The molecule has 0 spiro atoms. The summed E-state index contributed by atoms with van der Waals surface area (Å²) >= 11 is 0. The van der Waals surface area contributed by atoms with E-state index in [1.165, 1.54) is 0 Å². The number of likely N-dealkylation sites (tertiary alicyclic amines) is 1. The number of hydrogen-bond acceptors (Lipinski definition) is 5. The molecule has 1 fully saturated rings. The van der Waals surface area contributed by atoms with Crippen molar-refractivity contribution in [3.8, 4) is 0 Å².